The van der Waals surface area contributed by atoms with Gasteiger partial charge in [0.1, 0.15) is 11.6 Å². The van der Waals surface area contributed by atoms with E-state index in [0.29, 0.717) is 23.1 Å². The van der Waals surface area contributed by atoms with Crippen molar-refractivity contribution >= 4 is 17.4 Å². The van der Waals surface area contributed by atoms with Crippen LogP contribution < -0.4 is 5.32 Å². The number of aryl methyl sites for hydroxylation is 2. The molecule has 8 nitrogen and oxygen atoms in total. The molecule has 0 aliphatic heterocycles. The number of anilines is 1. The highest BCUT2D eigenvalue weighted by Gasteiger charge is 2.13. The van der Waals surface area contributed by atoms with Crippen molar-refractivity contribution in [3.05, 3.63) is 24.3 Å². The molecule has 0 bridgehead atoms. The van der Waals surface area contributed by atoms with Crippen LogP contribution in [0, 0.1) is 6.92 Å². The van der Waals surface area contributed by atoms with Gasteiger partial charge in [0.25, 0.3) is 0 Å². The number of aromatic nitrogens is 6. The molecule has 0 spiro atoms. The van der Waals surface area contributed by atoms with E-state index in [9.17, 15) is 4.79 Å². The molecule has 0 atom stereocenters. The van der Waals surface area contributed by atoms with Crippen LogP contribution in [0.4, 0.5) is 5.82 Å². The van der Waals surface area contributed by atoms with E-state index in [1.807, 2.05) is 13.2 Å². The Morgan fingerprint density at radius 2 is 2.15 bits per heavy atom. The zero-order valence-corrected chi connectivity index (χ0v) is 11.3. The first-order valence-corrected chi connectivity index (χ1v) is 6.04. The van der Waals surface area contributed by atoms with Gasteiger partial charge in [0, 0.05) is 26.2 Å². The van der Waals surface area contributed by atoms with Gasteiger partial charge in [-0.15, -0.1) is 5.10 Å². The Morgan fingerprint density at radius 3 is 2.80 bits per heavy atom. The average molecular weight is 271 g/mol. The maximum Gasteiger partial charge on any atom is 0.222 e. The maximum atomic E-state index is 11.2. The topological polar surface area (TPSA) is 90.0 Å². The number of fused-ring (bicyclic) bond motifs is 1. The van der Waals surface area contributed by atoms with E-state index in [1.54, 1.807) is 28.4 Å². The number of carbonyl (C=O) groups is 1. The molecule has 20 heavy (non-hydrogen) atoms. The number of nitrogens with one attached hydrogen (secondary N) is 1. The van der Waals surface area contributed by atoms with Gasteiger partial charge in [0.2, 0.25) is 5.91 Å². The molecule has 1 N–H and O–H groups in total. The van der Waals surface area contributed by atoms with Crippen LogP contribution in [-0.2, 0) is 11.8 Å². The molecule has 0 radical (unpaired) electrons. The molecular weight excluding hydrogens is 258 g/mol. The fraction of sp³-hybridized carbons (Fsp3) is 0.250. The zero-order valence-electron chi connectivity index (χ0n) is 11.3. The first-order valence-electron chi connectivity index (χ1n) is 6.04. The van der Waals surface area contributed by atoms with Crippen LogP contribution in [0.5, 0.6) is 0 Å². The molecule has 0 saturated carbocycles. The molecular formula is C12H13N7O. The van der Waals surface area contributed by atoms with Gasteiger partial charge >= 0.3 is 0 Å². The molecule has 0 saturated heterocycles. The SMILES string of the molecule is CC(=O)Nc1cc2nc(C)nn2c(-c2cnn(C)c2)n1. The molecule has 3 aromatic heterocycles. The molecule has 0 fully saturated rings. The van der Waals surface area contributed by atoms with E-state index in [4.69, 9.17) is 0 Å². The summed E-state index contributed by atoms with van der Waals surface area (Å²) in [6.07, 6.45) is 3.52. The van der Waals surface area contributed by atoms with Crippen LogP contribution in [0.1, 0.15) is 12.7 Å². The minimum atomic E-state index is -0.185. The van der Waals surface area contributed by atoms with Crippen molar-refractivity contribution in [3.63, 3.8) is 0 Å². The van der Waals surface area contributed by atoms with E-state index >= 15 is 0 Å². The van der Waals surface area contributed by atoms with Gasteiger partial charge in [-0.25, -0.2) is 9.97 Å². The summed E-state index contributed by atoms with van der Waals surface area (Å²) >= 11 is 0. The fourth-order valence-corrected chi connectivity index (χ4v) is 1.96. The Hall–Kier alpha value is -2.77. The van der Waals surface area contributed by atoms with Crippen molar-refractivity contribution in [2.75, 3.05) is 5.32 Å². The predicted molar refractivity (Wildman–Crippen MR) is 72.0 cm³/mol. The van der Waals surface area contributed by atoms with E-state index in [1.165, 1.54) is 6.92 Å². The summed E-state index contributed by atoms with van der Waals surface area (Å²) in [7, 11) is 1.82. The van der Waals surface area contributed by atoms with E-state index in [0.717, 1.165) is 5.56 Å². The predicted octanol–water partition coefficient (Wildman–Crippen LogP) is 0.792. The second-order valence-electron chi connectivity index (χ2n) is 4.48. The molecule has 0 aliphatic carbocycles. The Bertz CT molecular complexity index is 801. The van der Waals surface area contributed by atoms with Crippen molar-refractivity contribution < 1.29 is 4.79 Å². The molecule has 3 rings (SSSR count). The summed E-state index contributed by atoms with van der Waals surface area (Å²) in [5.74, 6) is 1.48. The first-order chi connectivity index (χ1) is 9.52. The summed E-state index contributed by atoms with van der Waals surface area (Å²) in [6.45, 7) is 3.24. The van der Waals surface area contributed by atoms with Crippen LogP contribution in [0.15, 0.2) is 18.5 Å². The molecule has 1 amide bonds. The third kappa shape index (κ3) is 2.11. The van der Waals surface area contributed by atoms with Crippen LogP contribution in [0.3, 0.4) is 0 Å². The second kappa shape index (κ2) is 4.41. The standard InChI is InChI=1S/C12H13N7O/c1-7-14-11-4-10(15-8(2)20)16-12(19(11)17-7)9-5-13-18(3)6-9/h4-6H,1-3H3,(H,15,20). The Labute approximate surface area is 114 Å². The highest BCUT2D eigenvalue weighted by molar-refractivity contribution is 5.88. The minimum Gasteiger partial charge on any atom is -0.311 e. The van der Waals surface area contributed by atoms with Gasteiger partial charge < -0.3 is 5.32 Å². The van der Waals surface area contributed by atoms with Gasteiger partial charge in [-0.2, -0.15) is 9.61 Å². The summed E-state index contributed by atoms with van der Waals surface area (Å²) in [5.41, 5.74) is 1.43. The summed E-state index contributed by atoms with van der Waals surface area (Å²) < 4.78 is 3.31. The summed E-state index contributed by atoms with van der Waals surface area (Å²) in [5, 5.41) is 11.1. The maximum absolute atomic E-state index is 11.2. The molecule has 0 aromatic carbocycles. The molecule has 3 heterocycles. The Morgan fingerprint density at radius 1 is 1.35 bits per heavy atom. The van der Waals surface area contributed by atoms with Crippen molar-refractivity contribution in [3.8, 4) is 11.4 Å². The number of hydrogen-bond acceptors (Lipinski definition) is 5. The first kappa shape index (κ1) is 12.3. The van der Waals surface area contributed by atoms with E-state index < -0.39 is 0 Å². The van der Waals surface area contributed by atoms with Crippen LogP contribution >= 0.6 is 0 Å². The largest absolute Gasteiger partial charge is 0.311 e. The van der Waals surface area contributed by atoms with E-state index in [2.05, 4.69) is 25.5 Å². The van der Waals surface area contributed by atoms with E-state index in [-0.39, 0.29) is 5.91 Å². The minimum absolute atomic E-state index is 0.185. The lowest BCUT2D eigenvalue weighted by atomic mass is 10.3. The zero-order chi connectivity index (χ0) is 14.3. The molecule has 8 heteroatoms. The Balaban J connectivity index is 2.24. The number of rotatable bonds is 2. The van der Waals surface area contributed by atoms with Crippen molar-refractivity contribution in [2.24, 2.45) is 7.05 Å². The van der Waals surface area contributed by atoms with Gasteiger partial charge in [-0.05, 0) is 6.92 Å². The fourth-order valence-electron chi connectivity index (χ4n) is 1.96. The van der Waals surface area contributed by atoms with Gasteiger partial charge in [-0.1, -0.05) is 0 Å². The van der Waals surface area contributed by atoms with Crippen LogP contribution in [0.25, 0.3) is 17.0 Å². The van der Waals surface area contributed by atoms with Crippen molar-refractivity contribution in [2.45, 2.75) is 13.8 Å². The average Bonchev–Trinajstić information content (AvgIpc) is 2.92. The highest BCUT2D eigenvalue weighted by atomic mass is 16.1. The monoisotopic (exact) mass is 271 g/mol. The smallest absolute Gasteiger partial charge is 0.222 e. The molecule has 102 valence electrons. The second-order valence-corrected chi connectivity index (χ2v) is 4.48. The van der Waals surface area contributed by atoms with Crippen molar-refractivity contribution in [1.29, 1.82) is 0 Å². The molecule has 3 aromatic rings. The lowest BCUT2D eigenvalue weighted by Crippen LogP contribution is -2.09. The lowest BCUT2D eigenvalue weighted by molar-refractivity contribution is -0.114. The normalized spacial score (nSPS) is 10.9. The molecule has 0 aliphatic rings. The Kier molecular flexibility index (Phi) is 2.70. The van der Waals surface area contributed by atoms with Crippen LogP contribution in [-0.4, -0.2) is 35.3 Å². The summed E-state index contributed by atoms with van der Waals surface area (Å²) in [6, 6.07) is 1.68. The van der Waals surface area contributed by atoms with Gasteiger partial charge in [0.15, 0.2) is 11.5 Å². The number of amides is 1. The lowest BCUT2D eigenvalue weighted by Gasteiger charge is -2.05. The van der Waals surface area contributed by atoms with Gasteiger partial charge in [0.05, 0.1) is 11.8 Å². The number of nitrogens with zero attached hydrogens (tertiary/aromatic N) is 6. The molecule has 0 unspecified atom stereocenters. The number of carbonyl (C=O) groups excluding carboxylic acids is 1. The third-order valence-corrected chi connectivity index (χ3v) is 2.70. The van der Waals surface area contributed by atoms with Gasteiger partial charge in [-0.3, -0.25) is 9.48 Å². The van der Waals surface area contributed by atoms with Crippen molar-refractivity contribution in [1.82, 2.24) is 29.4 Å². The quantitative estimate of drug-likeness (QED) is 0.744. The van der Waals surface area contributed by atoms with Crippen LogP contribution in [0.2, 0.25) is 0 Å². The third-order valence-electron chi connectivity index (χ3n) is 2.70. The number of hydrogen-bond donors (Lipinski definition) is 1. The highest BCUT2D eigenvalue weighted by Crippen LogP contribution is 2.20. The summed E-state index contributed by atoms with van der Waals surface area (Å²) in [4.78, 5) is 19.9.